The lowest BCUT2D eigenvalue weighted by atomic mass is 9.86. The summed E-state index contributed by atoms with van der Waals surface area (Å²) in [5.41, 5.74) is 0.411. The lowest BCUT2D eigenvalue weighted by Gasteiger charge is -2.46. The Kier molecular flexibility index (Phi) is 3.14. The van der Waals surface area contributed by atoms with Crippen LogP contribution < -0.4 is 0 Å². The van der Waals surface area contributed by atoms with Gasteiger partial charge < -0.3 is 5.11 Å². The van der Waals surface area contributed by atoms with Crippen LogP contribution in [0.15, 0.2) is 28.7 Å². The number of hydrogen-bond acceptors (Lipinski definition) is 2. The Bertz CT molecular complexity index is 330. The number of rotatable bonds is 3. The van der Waals surface area contributed by atoms with Crippen molar-refractivity contribution in [2.24, 2.45) is 0 Å². The Morgan fingerprint density at radius 3 is 2.47 bits per heavy atom. The standard InChI is InChI=1S/C12H16BrNO/c1-2-7-14-8-12(15,9-14)10-3-5-11(13)6-4-10/h3-6,15H,2,7-9H2,1H3. The largest absolute Gasteiger partial charge is 0.382 e. The van der Waals surface area contributed by atoms with Gasteiger partial charge in [0.2, 0.25) is 0 Å². The molecule has 1 aliphatic rings. The second-order valence-electron chi connectivity index (χ2n) is 4.25. The molecule has 0 saturated carbocycles. The maximum absolute atomic E-state index is 10.3. The number of β-amino-alcohol motifs (C(OH)–C–C–N with tert-alkyl or cyclic N) is 1. The fourth-order valence-electron chi connectivity index (χ4n) is 2.11. The molecule has 3 heteroatoms. The van der Waals surface area contributed by atoms with Crippen molar-refractivity contribution in [2.75, 3.05) is 19.6 Å². The van der Waals surface area contributed by atoms with Gasteiger partial charge in [0.05, 0.1) is 0 Å². The SMILES string of the molecule is CCCN1CC(O)(c2ccc(Br)cc2)C1. The number of aliphatic hydroxyl groups is 1. The van der Waals surface area contributed by atoms with E-state index < -0.39 is 5.60 Å². The van der Waals surface area contributed by atoms with Crippen molar-refractivity contribution in [1.29, 1.82) is 0 Å². The van der Waals surface area contributed by atoms with Gasteiger partial charge >= 0.3 is 0 Å². The van der Waals surface area contributed by atoms with Crippen LogP contribution in [0.1, 0.15) is 18.9 Å². The Morgan fingerprint density at radius 1 is 1.33 bits per heavy atom. The molecule has 0 atom stereocenters. The van der Waals surface area contributed by atoms with Gasteiger partial charge in [-0.2, -0.15) is 0 Å². The van der Waals surface area contributed by atoms with Crippen LogP contribution in [0.4, 0.5) is 0 Å². The van der Waals surface area contributed by atoms with Crippen LogP contribution in [0, 0.1) is 0 Å². The van der Waals surface area contributed by atoms with Gasteiger partial charge in [-0.05, 0) is 30.7 Å². The topological polar surface area (TPSA) is 23.5 Å². The number of halogens is 1. The molecular weight excluding hydrogens is 254 g/mol. The third kappa shape index (κ3) is 2.25. The fraction of sp³-hybridized carbons (Fsp3) is 0.500. The molecule has 0 spiro atoms. The van der Waals surface area contributed by atoms with Gasteiger partial charge in [0.15, 0.2) is 0 Å². The van der Waals surface area contributed by atoms with Crippen molar-refractivity contribution in [3.05, 3.63) is 34.3 Å². The number of hydrogen-bond donors (Lipinski definition) is 1. The molecule has 0 aliphatic carbocycles. The number of nitrogens with zero attached hydrogens (tertiary/aromatic N) is 1. The van der Waals surface area contributed by atoms with Gasteiger partial charge in [0.1, 0.15) is 5.60 Å². The van der Waals surface area contributed by atoms with E-state index in [2.05, 4.69) is 27.8 Å². The van der Waals surface area contributed by atoms with Crippen molar-refractivity contribution in [3.63, 3.8) is 0 Å². The molecule has 0 amide bonds. The summed E-state index contributed by atoms with van der Waals surface area (Å²) in [5, 5.41) is 10.3. The van der Waals surface area contributed by atoms with Crippen LogP contribution in [-0.4, -0.2) is 29.6 Å². The summed E-state index contributed by atoms with van der Waals surface area (Å²) in [7, 11) is 0. The summed E-state index contributed by atoms with van der Waals surface area (Å²) in [6.07, 6.45) is 1.15. The fourth-order valence-corrected chi connectivity index (χ4v) is 2.37. The summed E-state index contributed by atoms with van der Waals surface area (Å²) in [4.78, 5) is 2.28. The molecule has 0 aromatic heterocycles. The lowest BCUT2D eigenvalue weighted by molar-refractivity contribution is -0.103. The van der Waals surface area contributed by atoms with E-state index in [0.29, 0.717) is 0 Å². The van der Waals surface area contributed by atoms with Crippen molar-refractivity contribution >= 4 is 15.9 Å². The normalized spacial score (nSPS) is 19.9. The molecule has 15 heavy (non-hydrogen) atoms. The minimum Gasteiger partial charge on any atom is -0.382 e. The second-order valence-corrected chi connectivity index (χ2v) is 5.16. The highest BCUT2D eigenvalue weighted by Crippen LogP contribution is 2.32. The van der Waals surface area contributed by atoms with Crippen molar-refractivity contribution < 1.29 is 5.11 Å². The average Bonchev–Trinajstić information content (AvgIpc) is 2.16. The molecule has 1 fully saturated rings. The van der Waals surface area contributed by atoms with Crippen LogP contribution in [0.5, 0.6) is 0 Å². The highest BCUT2D eigenvalue weighted by atomic mass is 79.9. The van der Waals surface area contributed by atoms with E-state index >= 15 is 0 Å². The molecule has 0 bridgehead atoms. The second kappa shape index (κ2) is 4.24. The minimum atomic E-state index is -0.615. The van der Waals surface area contributed by atoms with Crippen LogP contribution in [0.25, 0.3) is 0 Å². The van der Waals surface area contributed by atoms with E-state index in [4.69, 9.17) is 0 Å². The van der Waals surface area contributed by atoms with Gasteiger partial charge in [0.25, 0.3) is 0 Å². The predicted octanol–water partition coefficient (Wildman–Crippen LogP) is 2.36. The van der Waals surface area contributed by atoms with Gasteiger partial charge in [0, 0.05) is 17.6 Å². The quantitative estimate of drug-likeness (QED) is 0.911. The first-order valence-electron chi connectivity index (χ1n) is 5.35. The van der Waals surface area contributed by atoms with Gasteiger partial charge in [-0.15, -0.1) is 0 Å². The number of likely N-dealkylation sites (tertiary alicyclic amines) is 1. The Hall–Kier alpha value is -0.380. The van der Waals surface area contributed by atoms with E-state index in [-0.39, 0.29) is 0 Å². The monoisotopic (exact) mass is 269 g/mol. The van der Waals surface area contributed by atoms with Crippen molar-refractivity contribution in [3.8, 4) is 0 Å². The van der Waals surface area contributed by atoms with Crippen LogP contribution in [0.2, 0.25) is 0 Å². The van der Waals surface area contributed by atoms with Crippen LogP contribution in [0.3, 0.4) is 0 Å². The van der Waals surface area contributed by atoms with Crippen LogP contribution in [-0.2, 0) is 5.60 Å². The summed E-state index contributed by atoms with van der Waals surface area (Å²) in [6.45, 7) is 4.78. The zero-order valence-electron chi connectivity index (χ0n) is 8.91. The Labute approximate surface area is 99.0 Å². The first-order chi connectivity index (χ1) is 7.14. The van der Waals surface area contributed by atoms with Gasteiger partial charge in [-0.25, -0.2) is 0 Å². The average molecular weight is 270 g/mol. The van der Waals surface area contributed by atoms with Gasteiger partial charge in [-0.1, -0.05) is 35.0 Å². The molecule has 1 heterocycles. The maximum atomic E-state index is 10.3. The first kappa shape index (κ1) is 11.1. The molecule has 0 radical (unpaired) electrons. The summed E-state index contributed by atoms with van der Waals surface area (Å²) in [5.74, 6) is 0. The van der Waals surface area contributed by atoms with E-state index in [0.717, 1.165) is 36.1 Å². The molecule has 0 unspecified atom stereocenters. The van der Waals surface area contributed by atoms with Crippen molar-refractivity contribution in [1.82, 2.24) is 4.90 Å². The highest BCUT2D eigenvalue weighted by Gasteiger charge is 2.41. The lowest BCUT2D eigenvalue weighted by Crippen LogP contribution is -2.59. The van der Waals surface area contributed by atoms with Crippen LogP contribution >= 0.6 is 15.9 Å². The molecule has 1 saturated heterocycles. The van der Waals surface area contributed by atoms with E-state index in [1.165, 1.54) is 0 Å². The van der Waals surface area contributed by atoms with E-state index in [1.54, 1.807) is 0 Å². The molecule has 1 N–H and O–H groups in total. The maximum Gasteiger partial charge on any atom is 0.115 e. The summed E-state index contributed by atoms with van der Waals surface area (Å²) >= 11 is 3.40. The predicted molar refractivity (Wildman–Crippen MR) is 64.8 cm³/mol. The first-order valence-corrected chi connectivity index (χ1v) is 6.14. The molecular formula is C12H16BrNO. The Balaban J connectivity index is 2.03. The number of benzene rings is 1. The van der Waals surface area contributed by atoms with E-state index in [1.807, 2.05) is 24.3 Å². The molecule has 1 aromatic carbocycles. The third-order valence-corrected chi connectivity index (χ3v) is 3.42. The van der Waals surface area contributed by atoms with Crippen molar-refractivity contribution in [2.45, 2.75) is 18.9 Å². The Morgan fingerprint density at radius 2 is 1.93 bits per heavy atom. The van der Waals surface area contributed by atoms with Gasteiger partial charge in [-0.3, -0.25) is 4.90 Å². The highest BCUT2D eigenvalue weighted by molar-refractivity contribution is 9.10. The van der Waals surface area contributed by atoms with E-state index in [9.17, 15) is 5.11 Å². The molecule has 82 valence electrons. The third-order valence-electron chi connectivity index (χ3n) is 2.89. The molecule has 2 nitrogen and oxygen atoms in total. The zero-order chi connectivity index (χ0) is 10.9. The molecule has 1 aromatic rings. The zero-order valence-corrected chi connectivity index (χ0v) is 10.5. The molecule has 2 rings (SSSR count). The minimum absolute atomic E-state index is 0.615. The smallest absolute Gasteiger partial charge is 0.115 e. The summed E-state index contributed by atoms with van der Waals surface area (Å²) < 4.78 is 1.06. The molecule has 1 aliphatic heterocycles. The summed E-state index contributed by atoms with van der Waals surface area (Å²) in [6, 6.07) is 7.95.